The third-order valence-corrected chi connectivity index (χ3v) is 2.30. The van der Waals surface area contributed by atoms with E-state index >= 15 is 0 Å². The number of rotatable bonds is 3. The minimum Gasteiger partial charge on any atom is -0.345 e. The molecule has 0 unspecified atom stereocenters. The molecule has 0 aromatic heterocycles. The second-order valence-corrected chi connectivity index (χ2v) is 4.06. The highest BCUT2D eigenvalue weighted by Gasteiger charge is 2.39. The smallest absolute Gasteiger partial charge is 0.345 e. The topological polar surface area (TPSA) is 29.1 Å². The van der Waals surface area contributed by atoms with Gasteiger partial charge in [0.15, 0.2) is 0 Å². The van der Waals surface area contributed by atoms with Crippen molar-refractivity contribution in [1.82, 2.24) is 5.32 Å². The molecule has 0 heterocycles. The Hall–Kier alpha value is -1.52. The molecule has 0 radical (unpaired) electrons. The first-order valence-corrected chi connectivity index (χ1v) is 5.22. The van der Waals surface area contributed by atoms with Gasteiger partial charge in [0.1, 0.15) is 0 Å². The summed E-state index contributed by atoms with van der Waals surface area (Å²) in [6.45, 7) is 3.47. The molecule has 0 spiro atoms. The van der Waals surface area contributed by atoms with Crippen LogP contribution in [-0.4, -0.2) is 18.1 Å². The van der Waals surface area contributed by atoms with Gasteiger partial charge in [0.05, 0.1) is 0 Å². The second kappa shape index (κ2) is 5.21. The highest BCUT2D eigenvalue weighted by Crippen LogP contribution is 2.15. The van der Waals surface area contributed by atoms with Crippen LogP contribution in [0.4, 0.5) is 13.2 Å². The largest absolute Gasteiger partial charge is 0.471 e. The zero-order valence-corrected chi connectivity index (χ0v) is 9.64. The predicted molar refractivity (Wildman–Crippen MR) is 58.5 cm³/mol. The van der Waals surface area contributed by atoms with Crippen LogP contribution in [0.1, 0.15) is 18.1 Å². The molecule has 0 saturated heterocycles. The van der Waals surface area contributed by atoms with Gasteiger partial charge in [0.25, 0.3) is 0 Å². The van der Waals surface area contributed by atoms with E-state index in [1.54, 1.807) is 6.92 Å². The number of aryl methyl sites for hydroxylation is 1. The van der Waals surface area contributed by atoms with Crippen molar-refractivity contribution in [2.24, 2.45) is 0 Å². The van der Waals surface area contributed by atoms with Crippen molar-refractivity contribution in [3.8, 4) is 0 Å². The fourth-order valence-corrected chi connectivity index (χ4v) is 1.43. The van der Waals surface area contributed by atoms with E-state index in [0.717, 1.165) is 11.1 Å². The minimum absolute atomic E-state index is 0.377. The van der Waals surface area contributed by atoms with Crippen molar-refractivity contribution < 1.29 is 18.0 Å². The van der Waals surface area contributed by atoms with E-state index in [4.69, 9.17) is 0 Å². The molecule has 1 N–H and O–H groups in total. The van der Waals surface area contributed by atoms with Gasteiger partial charge in [0.2, 0.25) is 0 Å². The van der Waals surface area contributed by atoms with Gasteiger partial charge in [-0.25, -0.2) is 0 Å². The Labute approximate surface area is 97.8 Å². The molecule has 94 valence electrons. The normalized spacial score (nSPS) is 13.2. The van der Waals surface area contributed by atoms with Gasteiger partial charge in [-0.3, -0.25) is 4.79 Å². The third-order valence-electron chi connectivity index (χ3n) is 2.30. The molecular formula is C12H14F3NO. The number of benzene rings is 1. The van der Waals surface area contributed by atoms with Gasteiger partial charge in [0, 0.05) is 6.04 Å². The molecule has 0 aliphatic carbocycles. The highest BCUT2D eigenvalue weighted by molar-refractivity contribution is 5.81. The summed E-state index contributed by atoms with van der Waals surface area (Å²) in [6.07, 6.45) is -4.44. The Balaban J connectivity index is 2.53. The maximum atomic E-state index is 12.0. The standard InChI is InChI=1S/C12H14F3NO/c1-8-3-5-10(6-4-8)7-9(2)16-11(17)12(13,14)15/h3-6,9H,7H2,1-2H3,(H,16,17)/t9-/m1/s1. The van der Waals surface area contributed by atoms with E-state index in [1.807, 2.05) is 36.5 Å². The summed E-state index contributed by atoms with van der Waals surface area (Å²) in [4.78, 5) is 10.7. The van der Waals surface area contributed by atoms with E-state index < -0.39 is 18.1 Å². The Morgan fingerprint density at radius 3 is 2.29 bits per heavy atom. The molecule has 17 heavy (non-hydrogen) atoms. The summed E-state index contributed by atoms with van der Waals surface area (Å²) in [5.74, 6) is -1.89. The molecule has 1 aromatic carbocycles. The van der Waals surface area contributed by atoms with Crippen LogP contribution in [0.3, 0.4) is 0 Å². The van der Waals surface area contributed by atoms with Crippen molar-refractivity contribution in [2.75, 3.05) is 0 Å². The molecule has 2 nitrogen and oxygen atoms in total. The van der Waals surface area contributed by atoms with Crippen LogP contribution in [-0.2, 0) is 11.2 Å². The molecule has 5 heteroatoms. The van der Waals surface area contributed by atoms with Crippen LogP contribution in [0.2, 0.25) is 0 Å². The summed E-state index contributed by atoms with van der Waals surface area (Å²) in [5.41, 5.74) is 1.98. The zero-order valence-electron chi connectivity index (χ0n) is 9.64. The van der Waals surface area contributed by atoms with Crippen molar-refractivity contribution in [1.29, 1.82) is 0 Å². The lowest BCUT2D eigenvalue weighted by atomic mass is 10.1. The Kier molecular flexibility index (Phi) is 4.15. The van der Waals surface area contributed by atoms with Crippen LogP contribution < -0.4 is 5.32 Å². The fraction of sp³-hybridized carbons (Fsp3) is 0.417. The molecule has 0 fully saturated rings. The van der Waals surface area contributed by atoms with E-state index in [0.29, 0.717) is 6.42 Å². The summed E-state index contributed by atoms with van der Waals surface area (Å²) in [7, 11) is 0. The summed E-state index contributed by atoms with van der Waals surface area (Å²) in [5, 5.41) is 1.92. The average molecular weight is 245 g/mol. The molecule has 0 saturated carbocycles. The zero-order chi connectivity index (χ0) is 13.1. The van der Waals surface area contributed by atoms with Crippen molar-refractivity contribution in [2.45, 2.75) is 32.5 Å². The SMILES string of the molecule is Cc1ccc(C[C@@H](C)NC(=O)C(F)(F)F)cc1. The molecule has 1 amide bonds. The van der Waals surface area contributed by atoms with Gasteiger partial charge in [-0.05, 0) is 25.8 Å². The Bertz CT molecular complexity index is 384. The van der Waals surface area contributed by atoms with Crippen LogP contribution in [0.5, 0.6) is 0 Å². The Morgan fingerprint density at radius 2 is 1.82 bits per heavy atom. The molecule has 0 bridgehead atoms. The van der Waals surface area contributed by atoms with Crippen LogP contribution in [0.25, 0.3) is 0 Å². The maximum absolute atomic E-state index is 12.0. The quantitative estimate of drug-likeness (QED) is 0.871. The second-order valence-electron chi connectivity index (χ2n) is 4.06. The summed E-state index contributed by atoms with van der Waals surface area (Å²) >= 11 is 0. The van der Waals surface area contributed by atoms with Gasteiger partial charge in [-0.15, -0.1) is 0 Å². The number of alkyl halides is 3. The number of amides is 1. The van der Waals surface area contributed by atoms with E-state index in [9.17, 15) is 18.0 Å². The third kappa shape index (κ3) is 4.46. The first-order valence-electron chi connectivity index (χ1n) is 5.22. The van der Waals surface area contributed by atoms with Gasteiger partial charge in [-0.2, -0.15) is 13.2 Å². The Morgan fingerprint density at radius 1 is 1.29 bits per heavy atom. The van der Waals surface area contributed by atoms with Crippen molar-refractivity contribution in [3.05, 3.63) is 35.4 Å². The lowest BCUT2D eigenvalue weighted by Crippen LogP contribution is -2.42. The lowest BCUT2D eigenvalue weighted by molar-refractivity contribution is -0.174. The summed E-state index contributed by atoms with van der Waals surface area (Å²) in [6, 6.07) is 6.89. The van der Waals surface area contributed by atoms with E-state index in [2.05, 4.69) is 0 Å². The lowest BCUT2D eigenvalue weighted by Gasteiger charge is -2.15. The van der Waals surface area contributed by atoms with Gasteiger partial charge in [-0.1, -0.05) is 29.8 Å². The number of hydrogen-bond donors (Lipinski definition) is 1. The molecule has 0 aliphatic rings. The van der Waals surface area contributed by atoms with Crippen LogP contribution in [0, 0.1) is 6.92 Å². The van der Waals surface area contributed by atoms with Crippen molar-refractivity contribution >= 4 is 5.91 Å². The fourth-order valence-electron chi connectivity index (χ4n) is 1.43. The summed E-state index contributed by atoms with van der Waals surface area (Å²) < 4.78 is 36.0. The maximum Gasteiger partial charge on any atom is 0.471 e. The first-order chi connectivity index (χ1) is 7.79. The predicted octanol–water partition coefficient (Wildman–Crippen LogP) is 2.60. The molecule has 1 atom stereocenters. The van der Waals surface area contributed by atoms with Crippen LogP contribution >= 0.6 is 0 Å². The number of carbonyl (C=O) groups is 1. The van der Waals surface area contributed by atoms with Crippen molar-refractivity contribution in [3.63, 3.8) is 0 Å². The number of halogens is 3. The van der Waals surface area contributed by atoms with Gasteiger partial charge >= 0.3 is 12.1 Å². The van der Waals surface area contributed by atoms with Gasteiger partial charge < -0.3 is 5.32 Å². The van der Waals surface area contributed by atoms with Crippen LogP contribution in [0.15, 0.2) is 24.3 Å². The number of carbonyl (C=O) groups excluding carboxylic acids is 1. The molecule has 1 rings (SSSR count). The average Bonchev–Trinajstić information content (AvgIpc) is 2.20. The van der Waals surface area contributed by atoms with E-state index in [-0.39, 0.29) is 0 Å². The minimum atomic E-state index is -4.82. The number of hydrogen-bond acceptors (Lipinski definition) is 1. The highest BCUT2D eigenvalue weighted by atomic mass is 19.4. The molecule has 0 aliphatic heterocycles. The van der Waals surface area contributed by atoms with E-state index in [1.165, 1.54) is 0 Å². The number of nitrogens with one attached hydrogen (secondary N) is 1. The molecular weight excluding hydrogens is 231 g/mol. The first kappa shape index (κ1) is 13.5. The monoisotopic (exact) mass is 245 g/mol. The molecule has 1 aromatic rings.